The summed E-state index contributed by atoms with van der Waals surface area (Å²) in [6.45, 7) is 2.03. The molecule has 0 radical (unpaired) electrons. The molecule has 20 heavy (non-hydrogen) atoms. The lowest BCUT2D eigenvalue weighted by Gasteiger charge is -2.17. The van der Waals surface area contributed by atoms with Crippen LogP contribution in [-0.2, 0) is 20.7 Å². The van der Waals surface area contributed by atoms with Crippen LogP contribution >= 0.6 is 15.9 Å². The zero-order valence-corrected chi connectivity index (χ0v) is 13.4. The van der Waals surface area contributed by atoms with Gasteiger partial charge in [-0.25, -0.2) is 0 Å². The molecule has 110 valence electrons. The van der Waals surface area contributed by atoms with Crippen LogP contribution in [0.4, 0.5) is 0 Å². The van der Waals surface area contributed by atoms with Gasteiger partial charge in [-0.3, -0.25) is 9.59 Å². The van der Waals surface area contributed by atoms with Crippen molar-refractivity contribution in [3.8, 4) is 0 Å². The van der Waals surface area contributed by atoms with Gasteiger partial charge in [0.05, 0.1) is 13.5 Å². The van der Waals surface area contributed by atoms with Crippen LogP contribution in [0.1, 0.15) is 31.7 Å². The number of halogens is 1. The van der Waals surface area contributed by atoms with Gasteiger partial charge in [-0.1, -0.05) is 35.0 Å². The predicted molar refractivity (Wildman–Crippen MR) is 81.3 cm³/mol. The van der Waals surface area contributed by atoms with Crippen molar-refractivity contribution in [2.45, 2.75) is 38.6 Å². The molecule has 0 saturated carbocycles. The van der Waals surface area contributed by atoms with Gasteiger partial charge in [0.2, 0.25) is 5.91 Å². The first-order chi connectivity index (χ1) is 9.55. The minimum atomic E-state index is -0.360. The van der Waals surface area contributed by atoms with Crippen LogP contribution in [0, 0.1) is 0 Å². The number of methoxy groups -OCH3 is 1. The third kappa shape index (κ3) is 6.19. The third-order valence-electron chi connectivity index (χ3n) is 3.04. The average Bonchev–Trinajstić information content (AvgIpc) is 2.46. The predicted octanol–water partition coefficient (Wildman–Crippen LogP) is 2.84. The summed E-state index contributed by atoms with van der Waals surface area (Å²) in [6.07, 6.45) is 1.92. The average molecular weight is 342 g/mol. The van der Waals surface area contributed by atoms with Gasteiger partial charge in [0.25, 0.3) is 0 Å². The maximum Gasteiger partial charge on any atom is 0.306 e. The minimum Gasteiger partial charge on any atom is -0.469 e. The second-order valence-corrected chi connectivity index (χ2v) is 5.50. The molecule has 0 heterocycles. The van der Waals surface area contributed by atoms with E-state index in [-0.39, 0.29) is 30.8 Å². The number of rotatable bonds is 7. The van der Waals surface area contributed by atoms with Crippen LogP contribution in [0.25, 0.3) is 0 Å². The summed E-state index contributed by atoms with van der Waals surface area (Å²) in [5, 5.41) is 2.95. The molecule has 1 amide bonds. The summed E-state index contributed by atoms with van der Waals surface area (Å²) < 4.78 is 5.55. The van der Waals surface area contributed by atoms with E-state index in [1.807, 2.05) is 31.2 Å². The number of hydrogen-bond donors (Lipinski definition) is 1. The van der Waals surface area contributed by atoms with E-state index in [9.17, 15) is 9.59 Å². The summed E-state index contributed by atoms with van der Waals surface area (Å²) in [4.78, 5) is 22.7. The normalized spacial score (nSPS) is 11.8. The molecule has 1 unspecified atom stereocenters. The zero-order chi connectivity index (χ0) is 15.0. The Morgan fingerprint density at radius 2 is 1.90 bits per heavy atom. The molecule has 0 fully saturated rings. The molecule has 0 spiro atoms. The lowest BCUT2D eigenvalue weighted by Crippen LogP contribution is -2.36. The minimum absolute atomic E-state index is 0.0846. The fourth-order valence-electron chi connectivity index (χ4n) is 1.82. The molecule has 1 rings (SSSR count). The van der Waals surface area contributed by atoms with E-state index in [1.54, 1.807) is 0 Å². The molecule has 1 N–H and O–H groups in total. The Kier molecular flexibility index (Phi) is 7.30. The molecule has 5 heteroatoms. The lowest BCUT2D eigenvalue weighted by molar-refractivity contribution is -0.142. The van der Waals surface area contributed by atoms with E-state index in [0.29, 0.717) is 0 Å². The molecule has 0 aliphatic rings. The second kappa shape index (κ2) is 8.74. The van der Waals surface area contributed by atoms with Crippen LogP contribution in [-0.4, -0.2) is 25.0 Å². The van der Waals surface area contributed by atoms with Gasteiger partial charge in [0, 0.05) is 16.9 Å². The molecule has 0 aliphatic carbocycles. The summed E-state index contributed by atoms with van der Waals surface area (Å²) in [5.41, 5.74) is 1.17. The summed E-state index contributed by atoms with van der Waals surface area (Å²) in [5.74, 6) is -0.472. The Morgan fingerprint density at radius 1 is 1.25 bits per heavy atom. The smallest absolute Gasteiger partial charge is 0.306 e. The number of carbonyl (C=O) groups is 2. The van der Waals surface area contributed by atoms with E-state index in [0.717, 1.165) is 17.3 Å². The topological polar surface area (TPSA) is 55.4 Å². The standard InChI is InChI=1S/C15H20BrNO3/c1-3-13(10-11-4-6-12(16)7-5-11)17-14(18)8-9-15(19)20-2/h4-7,13H,3,8-10H2,1-2H3,(H,17,18). The van der Waals surface area contributed by atoms with Crippen LogP contribution in [0.5, 0.6) is 0 Å². The Balaban J connectivity index is 2.44. The largest absolute Gasteiger partial charge is 0.469 e. The second-order valence-electron chi connectivity index (χ2n) is 4.58. The van der Waals surface area contributed by atoms with E-state index in [4.69, 9.17) is 0 Å². The summed E-state index contributed by atoms with van der Waals surface area (Å²) in [7, 11) is 1.32. The van der Waals surface area contributed by atoms with Crippen molar-refractivity contribution in [1.29, 1.82) is 0 Å². The molecule has 1 aromatic carbocycles. The first kappa shape index (κ1) is 16.7. The zero-order valence-electron chi connectivity index (χ0n) is 11.8. The number of nitrogens with one attached hydrogen (secondary N) is 1. The van der Waals surface area contributed by atoms with E-state index in [1.165, 1.54) is 12.7 Å². The maximum atomic E-state index is 11.8. The van der Waals surface area contributed by atoms with Crippen molar-refractivity contribution in [2.75, 3.05) is 7.11 Å². The van der Waals surface area contributed by atoms with Crippen molar-refractivity contribution in [3.63, 3.8) is 0 Å². The molecular weight excluding hydrogens is 322 g/mol. The lowest BCUT2D eigenvalue weighted by atomic mass is 10.0. The van der Waals surface area contributed by atoms with Gasteiger partial charge >= 0.3 is 5.97 Å². The van der Waals surface area contributed by atoms with Crippen molar-refractivity contribution >= 4 is 27.8 Å². The Bertz CT molecular complexity index is 445. The number of ether oxygens (including phenoxy) is 1. The number of hydrogen-bond acceptors (Lipinski definition) is 3. The fourth-order valence-corrected chi connectivity index (χ4v) is 2.08. The SMILES string of the molecule is CCC(Cc1ccc(Br)cc1)NC(=O)CCC(=O)OC. The van der Waals surface area contributed by atoms with Crippen LogP contribution < -0.4 is 5.32 Å². The van der Waals surface area contributed by atoms with Crippen molar-refractivity contribution < 1.29 is 14.3 Å². The Labute approximate surface area is 128 Å². The van der Waals surface area contributed by atoms with Crippen molar-refractivity contribution in [2.24, 2.45) is 0 Å². The van der Waals surface area contributed by atoms with Gasteiger partial charge < -0.3 is 10.1 Å². The molecule has 0 saturated heterocycles. The van der Waals surface area contributed by atoms with Gasteiger partial charge in [0.15, 0.2) is 0 Å². The van der Waals surface area contributed by atoms with E-state index in [2.05, 4.69) is 26.0 Å². The van der Waals surface area contributed by atoms with Gasteiger partial charge in [-0.15, -0.1) is 0 Å². The van der Waals surface area contributed by atoms with Crippen molar-refractivity contribution in [3.05, 3.63) is 34.3 Å². The molecule has 4 nitrogen and oxygen atoms in total. The highest BCUT2D eigenvalue weighted by Crippen LogP contribution is 2.13. The highest BCUT2D eigenvalue weighted by molar-refractivity contribution is 9.10. The molecule has 1 aromatic rings. The van der Waals surface area contributed by atoms with E-state index < -0.39 is 0 Å². The van der Waals surface area contributed by atoms with Gasteiger partial charge in [-0.05, 0) is 30.5 Å². The number of benzene rings is 1. The first-order valence-corrected chi connectivity index (χ1v) is 7.45. The maximum absolute atomic E-state index is 11.8. The molecule has 0 aliphatic heterocycles. The van der Waals surface area contributed by atoms with Gasteiger partial charge in [-0.2, -0.15) is 0 Å². The number of esters is 1. The monoisotopic (exact) mass is 341 g/mol. The highest BCUT2D eigenvalue weighted by atomic mass is 79.9. The van der Waals surface area contributed by atoms with Gasteiger partial charge in [0.1, 0.15) is 0 Å². The van der Waals surface area contributed by atoms with Crippen molar-refractivity contribution in [1.82, 2.24) is 5.32 Å². The van der Waals surface area contributed by atoms with Crippen LogP contribution in [0.15, 0.2) is 28.7 Å². The summed E-state index contributed by atoms with van der Waals surface area (Å²) >= 11 is 3.40. The number of amides is 1. The third-order valence-corrected chi connectivity index (χ3v) is 3.57. The molecular formula is C15H20BrNO3. The van der Waals surface area contributed by atoms with Crippen LogP contribution in [0.2, 0.25) is 0 Å². The molecule has 1 atom stereocenters. The fraction of sp³-hybridized carbons (Fsp3) is 0.467. The molecule has 0 aromatic heterocycles. The Morgan fingerprint density at radius 3 is 2.45 bits per heavy atom. The summed E-state index contributed by atoms with van der Waals surface area (Å²) in [6, 6.07) is 8.13. The highest BCUT2D eigenvalue weighted by Gasteiger charge is 2.12. The van der Waals surface area contributed by atoms with Crippen LogP contribution in [0.3, 0.4) is 0 Å². The number of carbonyl (C=O) groups excluding carboxylic acids is 2. The Hall–Kier alpha value is -1.36. The quantitative estimate of drug-likeness (QED) is 0.776. The molecule has 0 bridgehead atoms. The first-order valence-electron chi connectivity index (χ1n) is 6.65. The van der Waals surface area contributed by atoms with E-state index >= 15 is 0 Å².